The van der Waals surface area contributed by atoms with Crippen LogP contribution in [0.5, 0.6) is 0 Å². The molecule has 1 nitrogen and oxygen atoms in total. The molecule has 0 bridgehead atoms. The van der Waals surface area contributed by atoms with Crippen LogP contribution in [0, 0.1) is 0 Å². The van der Waals surface area contributed by atoms with Gasteiger partial charge in [0.15, 0.2) is 0 Å². The van der Waals surface area contributed by atoms with Crippen molar-refractivity contribution in [2.45, 2.75) is 90.3 Å². The summed E-state index contributed by atoms with van der Waals surface area (Å²) in [6, 6.07) is 4.03. The molecule has 0 spiro atoms. The van der Waals surface area contributed by atoms with Gasteiger partial charge < -0.3 is 5.11 Å². The standard InChI is InChI=1S/C22H38OSSi2/c1-20(2,3)25(8,9)17-13-15-19(26(10,11)21(4,5)6)22(7,23)18-14-12-16-24-18/h12,14,16-17,23H,1-11H3. The molecule has 1 rings (SSSR count). The second kappa shape index (κ2) is 7.43. The van der Waals surface area contributed by atoms with Gasteiger partial charge in [0.05, 0.1) is 16.1 Å². The Balaban J connectivity index is 3.71. The van der Waals surface area contributed by atoms with Gasteiger partial charge in [-0.05, 0) is 34.1 Å². The molecule has 4 heteroatoms. The van der Waals surface area contributed by atoms with E-state index in [0.29, 0.717) is 0 Å². The number of hydrogen-bond acceptors (Lipinski definition) is 2. The number of hydrogen-bond donors (Lipinski definition) is 1. The fraction of sp³-hybridized carbons (Fsp3) is 0.636. The summed E-state index contributed by atoms with van der Waals surface area (Å²) >= 11 is 1.61. The summed E-state index contributed by atoms with van der Waals surface area (Å²) in [7, 11) is -3.55. The maximum atomic E-state index is 11.5. The van der Waals surface area contributed by atoms with E-state index in [0.717, 1.165) is 10.1 Å². The molecule has 0 radical (unpaired) electrons. The smallest absolute Gasteiger partial charge is 0.121 e. The van der Waals surface area contributed by atoms with E-state index in [2.05, 4.69) is 84.9 Å². The molecule has 0 aromatic carbocycles. The Morgan fingerprint density at radius 2 is 1.54 bits per heavy atom. The Labute approximate surface area is 167 Å². The first-order valence-electron chi connectivity index (χ1n) is 9.45. The first-order valence-corrected chi connectivity index (χ1v) is 16.4. The van der Waals surface area contributed by atoms with Crippen LogP contribution in [0.1, 0.15) is 53.3 Å². The highest BCUT2D eigenvalue weighted by molar-refractivity contribution is 7.10. The summed E-state index contributed by atoms with van der Waals surface area (Å²) < 4.78 is 0. The van der Waals surface area contributed by atoms with Crippen LogP contribution in [0.15, 0.2) is 39.9 Å². The Bertz CT molecular complexity index is 713. The maximum absolute atomic E-state index is 11.5. The average Bonchev–Trinajstić information content (AvgIpc) is 2.95. The second-order valence-corrected chi connectivity index (χ2v) is 22.1. The summed E-state index contributed by atoms with van der Waals surface area (Å²) in [6.07, 6.45) is 0. The zero-order valence-electron chi connectivity index (χ0n) is 18.7. The Morgan fingerprint density at radius 3 is 1.92 bits per heavy atom. The molecule has 146 valence electrons. The summed E-state index contributed by atoms with van der Waals surface area (Å²) in [6.45, 7) is 25.1. The minimum atomic E-state index is -1.97. The minimum Gasteiger partial charge on any atom is -0.380 e. The van der Waals surface area contributed by atoms with E-state index in [9.17, 15) is 5.11 Å². The molecule has 1 unspecified atom stereocenters. The van der Waals surface area contributed by atoms with Crippen LogP contribution in [-0.4, -0.2) is 21.3 Å². The molecular weight excluding hydrogens is 368 g/mol. The van der Waals surface area contributed by atoms with Crippen LogP contribution in [0.2, 0.25) is 36.3 Å². The molecule has 0 aliphatic carbocycles. The first-order chi connectivity index (χ1) is 11.4. The number of aliphatic hydroxyl groups is 1. The molecular formula is C22H38OSSi2. The molecule has 0 aliphatic heterocycles. The molecule has 1 N–H and O–H groups in total. The summed E-state index contributed by atoms with van der Waals surface area (Å²) in [5.74, 6) is 0. The molecule has 0 amide bonds. The van der Waals surface area contributed by atoms with Gasteiger partial charge >= 0.3 is 0 Å². The number of thiophene rings is 1. The SMILES string of the molecule is CC(O)(C(=C=C=C[Si](C)(C)C(C)(C)C)[Si](C)(C)C(C)(C)C)c1cccs1. The lowest BCUT2D eigenvalue weighted by Gasteiger charge is -2.42. The molecule has 1 heterocycles. The van der Waals surface area contributed by atoms with E-state index in [1.165, 1.54) is 0 Å². The first kappa shape index (κ1) is 23.4. The van der Waals surface area contributed by atoms with Crippen molar-refractivity contribution in [3.05, 3.63) is 44.7 Å². The Kier molecular flexibility index (Phi) is 6.69. The predicted octanol–water partition coefficient (Wildman–Crippen LogP) is 7.29. The van der Waals surface area contributed by atoms with Crippen molar-refractivity contribution in [1.29, 1.82) is 0 Å². The van der Waals surface area contributed by atoms with E-state index in [1.807, 2.05) is 24.4 Å². The zero-order valence-corrected chi connectivity index (χ0v) is 21.5. The maximum Gasteiger partial charge on any atom is 0.121 e. The van der Waals surface area contributed by atoms with Gasteiger partial charge in [-0.2, -0.15) is 0 Å². The molecule has 1 atom stereocenters. The van der Waals surface area contributed by atoms with Gasteiger partial charge in [0.2, 0.25) is 0 Å². The molecule has 0 saturated heterocycles. The van der Waals surface area contributed by atoms with Crippen molar-refractivity contribution in [2.75, 3.05) is 0 Å². The lowest BCUT2D eigenvalue weighted by Crippen LogP contribution is -2.46. The topological polar surface area (TPSA) is 20.2 Å². The van der Waals surface area contributed by atoms with Gasteiger partial charge in [0.25, 0.3) is 0 Å². The zero-order chi connectivity index (χ0) is 20.6. The summed E-state index contributed by atoms with van der Waals surface area (Å²) in [4.78, 5) is 0.985. The van der Waals surface area contributed by atoms with Gasteiger partial charge in [-0.3, -0.25) is 0 Å². The van der Waals surface area contributed by atoms with Crippen molar-refractivity contribution < 1.29 is 5.11 Å². The van der Waals surface area contributed by atoms with E-state index in [4.69, 9.17) is 0 Å². The van der Waals surface area contributed by atoms with Crippen LogP contribution in [-0.2, 0) is 5.60 Å². The van der Waals surface area contributed by atoms with Gasteiger partial charge in [0, 0.05) is 10.1 Å². The third-order valence-electron chi connectivity index (χ3n) is 6.55. The molecule has 0 aliphatic rings. The Morgan fingerprint density at radius 1 is 1.00 bits per heavy atom. The van der Waals surface area contributed by atoms with Gasteiger partial charge in [0.1, 0.15) is 5.60 Å². The van der Waals surface area contributed by atoms with Gasteiger partial charge in [-0.15, -0.1) is 11.3 Å². The lowest BCUT2D eigenvalue weighted by atomic mass is 10.0. The Hall–Kier alpha value is -0.606. The molecule has 1 aromatic rings. The molecule has 0 saturated carbocycles. The quantitative estimate of drug-likeness (QED) is 0.411. The predicted molar refractivity (Wildman–Crippen MR) is 123 cm³/mol. The summed E-state index contributed by atoms with van der Waals surface area (Å²) in [5.41, 5.74) is 8.16. The highest BCUT2D eigenvalue weighted by Gasteiger charge is 2.47. The van der Waals surface area contributed by atoms with E-state index < -0.39 is 21.7 Å². The van der Waals surface area contributed by atoms with Crippen LogP contribution in [0.25, 0.3) is 0 Å². The fourth-order valence-corrected chi connectivity index (χ4v) is 6.68. The minimum absolute atomic E-state index is 0.120. The second-order valence-electron chi connectivity index (χ2n) is 10.7. The van der Waals surface area contributed by atoms with E-state index >= 15 is 0 Å². The number of rotatable bonds is 4. The third kappa shape index (κ3) is 4.81. The van der Waals surface area contributed by atoms with Crippen LogP contribution < -0.4 is 0 Å². The van der Waals surface area contributed by atoms with Crippen molar-refractivity contribution in [2.24, 2.45) is 0 Å². The van der Waals surface area contributed by atoms with Crippen LogP contribution >= 0.6 is 11.3 Å². The molecule has 1 aromatic heterocycles. The largest absolute Gasteiger partial charge is 0.380 e. The fourth-order valence-electron chi connectivity index (χ4n) is 2.45. The highest BCUT2D eigenvalue weighted by Crippen LogP contribution is 2.47. The van der Waals surface area contributed by atoms with E-state index in [-0.39, 0.29) is 10.1 Å². The third-order valence-corrected chi connectivity index (χ3v) is 18.0. The normalized spacial score (nSPS) is 15.7. The average molecular weight is 407 g/mol. The van der Waals surface area contributed by atoms with Crippen molar-refractivity contribution >= 4 is 27.5 Å². The van der Waals surface area contributed by atoms with Crippen LogP contribution in [0.4, 0.5) is 0 Å². The highest BCUT2D eigenvalue weighted by atomic mass is 32.1. The summed E-state index contributed by atoms with van der Waals surface area (Å²) in [5, 5.41) is 15.0. The van der Waals surface area contributed by atoms with Crippen molar-refractivity contribution in [3.8, 4) is 0 Å². The molecule has 0 fully saturated rings. The van der Waals surface area contributed by atoms with Crippen molar-refractivity contribution in [1.82, 2.24) is 0 Å². The monoisotopic (exact) mass is 406 g/mol. The van der Waals surface area contributed by atoms with Gasteiger partial charge in [-0.25, -0.2) is 0 Å². The van der Waals surface area contributed by atoms with Crippen molar-refractivity contribution in [3.63, 3.8) is 0 Å². The van der Waals surface area contributed by atoms with Gasteiger partial charge in [-0.1, -0.05) is 85.3 Å². The molecule has 26 heavy (non-hydrogen) atoms. The van der Waals surface area contributed by atoms with E-state index in [1.54, 1.807) is 11.3 Å². The van der Waals surface area contributed by atoms with Crippen LogP contribution in [0.3, 0.4) is 0 Å². The lowest BCUT2D eigenvalue weighted by molar-refractivity contribution is 0.108.